The van der Waals surface area contributed by atoms with Crippen LogP contribution in [-0.4, -0.2) is 27.8 Å². The summed E-state index contributed by atoms with van der Waals surface area (Å²) in [5.41, 5.74) is 2.56. The first-order chi connectivity index (χ1) is 8.16. The van der Waals surface area contributed by atoms with Gasteiger partial charge in [-0.3, -0.25) is 9.88 Å². The lowest BCUT2D eigenvalue weighted by Crippen LogP contribution is -2.40. The van der Waals surface area contributed by atoms with Crippen molar-refractivity contribution in [3.8, 4) is 0 Å². The molecule has 0 bridgehead atoms. The third kappa shape index (κ3) is 3.52. The summed E-state index contributed by atoms with van der Waals surface area (Å²) in [4.78, 5) is 7.38. The van der Waals surface area contributed by atoms with Crippen LogP contribution in [0.15, 0.2) is 18.5 Å². The second-order valence-corrected chi connectivity index (χ2v) is 6.33. The van der Waals surface area contributed by atoms with Crippen LogP contribution in [0.4, 0.5) is 0 Å². The van der Waals surface area contributed by atoms with Crippen LogP contribution < -0.4 is 0 Å². The molecule has 1 saturated carbocycles. The summed E-state index contributed by atoms with van der Waals surface area (Å²) in [6.07, 6.45) is 9.25. The standard InChI is InChI=1S/C14H21BrN2/c1-11-7-12(9-16-8-11)10-17(2)14-6-4-3-5-13(14)15/h7-9,13-14H,3-6,10H2,1-2H3. The van der Waals surface area contributed by atoms with E-state index in [0.29, 0.717) is 10.9 Å². The van der Waals surface area contributed by atoms with Gasteiger partial charge in [-0.15, -0.1) is 0 Å². The highest BCUT2D eigenvalue weighted by atomic mass is 79.9. The number of halogens is 1. The molecule has 0 spiro atoms. The van der Waals surface area contributed by atoms with Crippen LogP contribution >= 0.6 is 15.9 Å². The van der Waals surface area contributed by atoms with Crippen molar-refractivity contribution < 1.29 is 0 Å². The molecule has 3 heteroatoms. The van der Waals surface area contributed by atoms with Gasteiger partial charge in [0.05, 0.1) is 0 Å². The molecule has 2 rings (SSSR count). The van der Waals surface area contributed by atoms with Crippen molar-refractivity contribution >= 4 is 15.9 Å². The number of pyridine rings is 1. The first-order valence-corrected chi connectivity index (χ1v) is 7.33. The number of nitrogens with zero attached hydrogens (tertiary/aromatic N) is 2. The predicted molar refractivity (Wildman–Crippen MR) is 75.4 cm³/mol. The molecule has 1 heterocycles. The fourth-order valence-electron chi connectivity index (χ4n) is 2.67. The maximum absolute atomic E-state index is 4.26. The van der Waals surface area contributed by atoms with Gasteiger partial charge in [0.2, 0.25) is 0 Å². The minimum atomic E-state index is 0.652. The van der Waals surface area contributed by atoms with Gasteiger partial charge in [0.1, 0.15) is 0 Å². The van der Waals surface area contributed by atoms with Crippen molar-refractivity contribution in [1.82, 2.24) is 9.88 Å². The largest absolute Gasteiger partial charge is 0.298 e. The topological polar surface area (TPSA) is 16.1 Å². The molecule has 2 atom stereocenters. The number of aryl methyl sites for hydroxylation is 1. The summed E-state index contributed by atoms with van der Waals surface area (Å²) in [7, 11) is 2.23. The summed E-state index contributed by atoms with van der Waals surface area (Å²) in [6, 6.07) is 2.90. The van der Waals surface area contributed by atoms with Gasteiger partial charge < -0.3 is 0 Å². The Balaban J connectivity index is 1.98. The molecule has 2 unspecified atom stereocenters. The van der Waals surface area contributed by atoms with Gasteiger partial charge in [0.15, 0.2) is 0 Å². The summed E-state index contributed by atoms with van der Waals surface area (Å²) in [5.74, 6) is 0. The van der Waals surface area contributed by atoms with Crippen molar-refractivity contribution in [2.45, 2.75) is 50.0 Å². The molecule has 2 nitrogen and oxygen atoms in total. The molecule has 1 aromatic heterocycles. The fraction of sp³-hybridized carbons (Fsp3) is 0.643. The lowest BCUT2D eigenvalue weighted by molar-refractivity contribution is 0.193. The number of aromatic nitrogens is 1. The van der Waals surface area contributed by atoms with E-state index in [1.807, 2.05) is 12.4 Å². The summed E-state index contributed by atoms with van der Waals surface area (Å²) < 4.78 is 0. The van der Waals surface area contributed by atoms with Gasteiger partial charge in [-0.05, 0) is 37.9 Å². The Kier molecular flexibility index (Phi) is 4.57. The Morgan fingerprint density at radius 2 is 2.12 bits per heavy atom. The SMILES string of the molecule is Cc1cncc(CN(C)C2CCCCC2Br)c1. The molecule has 0 radical (unpaired) electrons. The molecule has 1 aliphatic rings. The van der Waals surface area contributed by atoms with Gasteiger partial charge in [0.25, 0.3) is 0 Å². The zero-order valence-electron chi connectivity index (χ0n) is 10.7. The molecule has 0 amide bonds. The van der Waals surface area contributed by atoms with Crippen LogP contribution in [0.2, 0.25) is 0 Å². The molecular formula is C14H21BrN2. The highest BCUT2D eigenvalue weighted by Gasteiger charge is 2.26. The molecule has 1 aromatic rings. The predicted octanol–water partition coefficient (Wildman–Crippen LogP) is 3.53. The molecule has 17 heavy (non-hydrogen) atoms. The number of alkyl halides is 1. The Hall–Kier alpha value is -0.410. The maximum atomic E-state index is 4.26. The van der Waals surface area contributed by atoms with E-state index in [2.05, 4.69) is 45.9 Å². The van der Waals surface area contributed by atoms with Gasteiger partial charge in [-0.2, -0.15) is 0 Å². The monoisotopic (exact) mass is 296 g/mol. The van der Waals surface area contributed by atoms with Gasteiger partial charge in [-0.1, -0.05) is 34.8 Å². The summed E-state index contributed by atoms with van der Waals surface area (Å²) >= 11 is 3.83. The second-order valence-electron chi connectivity index (χ2n) is 5.15. The smallest absolute Gasteiger partial charge is 0.0313 e. The Labute approximate surface area is 113 Å². The van der Waals surface area contributed by atoms with Crippen LogP contribution in [-0.2, 0) is 6.54 Å². The Morgan fingerprint density at radius 3 is 2.82 bits per heavy atom. The van der Waals surface area contributed by atoms with Gasteiger partial charge in [0, 0.05) is 29.8 Å². The zero-order chi connectivity index (χ0) is 12.3. The highest BCUT2D eigenvalue weighted by molar-refractivity contribution is 9.09. The van der Waals surface area contributed by atoms with E-state index in [9.17, 15) is 0 Å². The zero-order valence-corrected chi connectivity index (χ0v) is 12.3. The molecular weight excluding hydrogens is 276 g/mol. The molecule has 0 saturated heterocycles. The average Bonchev–Trinajstić information content (AvgIpc) is 2.29. The van der Waals surface area contributed by atoms with E-state index in [4.69, 9.17) is 0 Å². The van der Waals surface area contributed by atoms with Crippen molar-refractivity contribution in [2.75, 3.05) is 7.05 Å². The van der Waals surface area contributed by atoms with E-state index >= 15 is 0 Å². The quantitative estimate of drug-likeness (QED) is 0.794. The second kappa shape index (κ2) is 5.96. The average molecular weight is 297 g/mol. The van der Waals surface area contributed by atoms with Crippen LogP contribution in [0, 0.1) is 6.92 Å². The van der Waals surface area contributed by atoms with E-state index in [-0.39, 0.29) is 0 Å². The number of hydrogen-bond donors (Lipinski definition) is 0. The summed E-state index contributed by atoms with van der Waals surface area (Å²) in [6.45, 7) is 3.10. The van der Waals surface area contributed by atoms with Crippen molar-refractivity contribution in [1.29, 1.82) is 0 Å². The molecule has 1 fully saturated rings. The number of hydrogen-bond acceptors (Lipinski definition) is 2. The van der Waals surface area contributed by atoms with E-state index < -0.39 is 0 Å². The normalized spacial score (nSPS) is 25.2. The van der Waals surface area contributed by atoms with Crippen LogP contribution in [0.25, 0.3) is 0 Å². The molecule has 1 aliphatic carbocycles. The first kappa shape index (κ1) is 13.0. The Morgan fingerprint density at radius 1 is 1.35 bits per heavy atom. The van der Waals surface area contributed by atoms with Crippen LogP contribution in [0.5, 0.6) is 0 Å². The van der Waals surface area contributed by atoms with Crippen molar-refractivity contribution in [2.24, 2.45) is 0 Å². The van der Waals surface area contributed by atoms with Gasteiger partial charge in [-0.25, -0.2) is 0 Å². The minimum absolute atomic E-state index is 0.652. The fourth-order valence-corrected chi connectivity index (χ4v) is 3.66. The first-order valence-electron chi connectivity index (χ1n) is 6.41. The van der Waals surface area contributed by atoms with Crippen LogP contribution in [0.1, 0.15) is 36.8 Å². The maximum Gasteiger partial charge on any atom is 0.0313 e. The van der Waals surface area contributed by atoms with E-state index in [1.54, 1.807) is 0 Å². The third-order valence-electron chi connectivity index (χ3n) is 3.58. The van der Waals surface area contributed by atoms with Crippen molar-refractivity contribution in [3.63, 3.8) is 0 Å². The third-order valence-corrected chi connectivity index (χ3v) is 4.65. The lowest BCUT2D eigenvalue weighted by atomic mass is 9.94. The highest BCUT2D eigenvalue weighted by Crippen LogP contribution is 2.28. The van der Waals surface area contributed by atoms with Gasteiger partial charge >= 0.3 is 0 Å². The number of rotatable bonds is 3. The molecule has 94 valence electrons. The Bertz CT molecular complexity index is 367. The summed E-state index contributed by atoms with van der Waals surface area (Å²) in [5, 5.41) is 0. The van der Waals surface area contributed by atoms with E-state index in [1.165, 1.54) is 36.8 Å². The van der Waals surface area contributed by atoms with E-state index in [0.717, 1.165) is 6.54 Å². The molecule has 0 N–H and O–H groups in total. The lowest BCUT2D eigenvalue weighted by Gasteiger charge is -2.35. The van der Waals surface area contributed by atoms with Crippen molar-refractivity contribution in [3.05, 3.63) is 29.6 Å². The van der Waals surface area contributed by atoms with Crippen LogP contribution in [0.3, 0.4) is 0 Å². The molecule has 0 aliphatic heterocycles. The minimum Gasteiger partial charge on any atom is -0.298 e. The molecule has 0 aromatic carbocycles.